The van der Waals surface area contributed by atoms with Crippen LogP contribution in [-0.2, 0) is 6.54 Å². The van der Waals surface area contributed by atoms with E-state index in [9.17, 15) is 0 Å². The standard InChI is InChI=1S/C13H23N5OS.HI/c1-14-13(17(2)11-12-3-8-19-16-12)15-4-5-18-6-9-20-10-7-18;/h3,8H,4-7,9-11H2,1-2H3,(H,14,15);1H. The van der Waals surface area contributed by atoms with E-state index in [4.69, 9.17) is 4.52 Å². The molecular formula is C13H24IN5OS. The quantitative estimate of drug-likeness (QED) is 0.437. The van der Waals surface area contributed by atoms with Gasteiger partial charge >= 0.3 is 0 Å². The van der Waals surface area contributed by atoms with Crippen LogP contribution < -0.4 is 5.32 Å². The van der Waals surface area contributed by atoms with Crippen molar-refractivity contribution in [2.45, 2.75) is 6.54 Å². The summed E-state index contributed by atoms with van der Waals surface area (Å²) in [6, 6.07) is 1.87. The number of rotatable bonds is 5. The number of thioether (sulfide) groups is 1. The van der Waals surface area contributed by atoms with Gasteiger partial charge in [-0.25, -0.2) is 0 Å². The first-order valence-electron chi connectivity index (χ1n) is 6.90. The molecule has 0 bridgehead atoms. The maximum Gasteiger partial charge on any atom is 0.193 e. The highest BCUT2D eigenvalue weighted by atomic mass is 127. The molecule has 0 radical (unpaired) electrons. The smallest absolute Gasteiger partial charge is 0.193 e. The second-order valence-electron chi connectivity index (χ2n) is 4.77. The van der Waals surface area contributed by atoms with Gasteiger partial charge in [0.25, 0.3) is 0 Å². The lowest BCUT2D eigenvalue weighted by molar-refractivity contribution is 0.305. The van der Waals surface area contributed by atoms with Crippen LogP contribution in [0, 0.1) is 0 Å². The molecule has 1 saturated heterocycles. The van der Waals surface area contributed by atoms with Gasteiger partial charge in [0, 0.05) is 57.8 Å². The molecule has 2 heterocycles. The summed E-state index contributed by atoms with van der Waals surface area (Å²) in [4.78, 5) is 8.84. The number of guanidine groups is 1. The lowest BCUT2D eigenvalue weighted by Crippen LogP contribution is -2.43. The largest absolute Gasteiger partial charge is 0.364 e. The first kappa shape index (κ1) is 18.6. The van der Waals surface area contributed by atoms with Gasteiger partial charge in [0.1, 0.15) is 12.0 Å². The molecule has 2 rings (SSSR count). The van der Waals surface area contributed by atoms with Crippen LogP contribution in [0.3, 0.4) is 0 Å². The molecule has 0 atom stereocenters. The zero-order valence-corrected chi connectivity index (χ0v) is 15.8. The molecule has 0 spiro atoms. The normalized spacial score (nSPS) is 16.4. The highest BCUT2D eigenvalue weighted by Crippen LogP contribution is 2.08. The van der Waals surface area contributed by atoms with Crippen LogP contribution in [0.25, 0.3) is 0 Å². The van der Waals surface area contributed by atoms with Crippen LogP contribution in [-0.4, -0.2) is 72.7 Å². The van der Waals surface area contributed by atoms with Gasteiger partial charge in [-0.15, -0.1) is 24.0 Å². The van der Waals surface area contributed by atoms with Crippen molar-refractivity contribution in [3.05, 3.63) is 18.0 Å². The summed E-state index contributed by atoms with van der Waals surface area (Å²) in [6.45, 7) is 5.06. The second kappa shape index (κ2) is 10.3. The van der Waals surface area contributed by atoms with Gasteiger partial charge in [-0.1, -0.05) is 5.16 Å². The van der Waals surface area contributed by atoms with Crippen LogP contribution in [0.15, 0.2) is 21.8 Å². The molecule has 0 unspecified atom stereocenters. The zero-order valence-electron chi connectivity index (χ0n) is 12.6. The minimum absolute atomic E-state index is 0. The van der Waals surface area contributed by atoms with Gasteiger partial charge in [0.15, 0.2) is 5.96 Å². The van der Waals surface area contributed by atoms with E-state index in [1.165, 1.54) is 24.6 Å². The summed E-state index contributed by atoms with van der Waals surface area (Å²) < 4.78 is 4.84. The van der Waals surface area contributed by atoms with Crippen molar-refractivity contribution in [2.75, 3.05) is 51.8 Å². The number of hydrogen-bond acceptors (Lipinski definition) is 5. The highest BCUT2D eigenvalue weighted by molar-refractivity contribution is 14.0. The molecule has 6 nitrogen and oxygen atoms in total. The average Bonchev–Trinajstić information content (AvgIpc) is 2.97. The van der Waals surface area contributed by atoms with Crippen molar-refractivity contribution in [3.63, 3.8) is 0 Å². The Kier molecular flexibility index (Phi) is 9.09. The predicted octanol–water partition coefficient (Wildman–Crippen LogP) is 1.35. The van der Waals surface area contributed by atoms with Gasteiger partial charge < -0.3 is 14.7 Å². The van der Waals surface area contributed by atoms with Crippen molar-refractivity contribution >= 4 is 41.7 Å². The summed E-state index contributed by atoms with van der Waals surface area (Å²) in [7, 11) is 3.81. The minimum atomic E-state index is 0. The van der Waals surface area contributed by atoms with Crippen molar-refractivity contribution in [1.29, 1.82) is 0 Å². The van der Waals surface area contributed by atoms with E-state index >= 15 is 0 Å². The summed E-state index contributed by atoms with van der Waals surface area (Å²) in [5, 5.41) is 7.31. The number of nitrogens with zero attached hydrogens (tertiary/aromatic N) is 4. The fourth-order valence-corrected chi connectivity index (χ4v) is 3.15. The Morgan fingerprint density at radius 1 is 1.52 bits per heavy atom. The van der Waals surface area contributed by atoms with Crippen LogP contribution >= 0.6 is 35.7 Å². The molecule has 120 valence electrons. The Morgan fingerprint density at radius 2 is 2.29 bits per heavy atom. The van der Waals surface area contributed by atoms with E-state index in [2.05, 4.69) is 20.4 Å². The number of aromatic nitrogens is 1. The summed E-state index contributed by atoms with van der Waals surface area (Å²) in [5.74, 6) is 3.39. The number of hydrogen-bond donors (Lipinski definition) is 1. The second-order valence-corrected chi connectivity index (χ2v) is 6.00. The number of aliphatic imine (C=N–C) groups is 1. The molecule has 0 aliphatic carbocycles. The highest BCUT2D eigenvalue weighted by Gasteiger charge is 2.11. The average molecular weight is 425 g/mol. The van der Waals surface area contributed by atoms with Crippen LogP contribution in [0.1, 0.15) is 5.69 Å². The van der Waals surface area contributed by atoms with E-state index in [-0.39, 0.29) is 24.0 Å². The molecule has 1 fully saturated rings. The van der Waals surface area contributed by atoms with Gasteiger partial charge in [0.05, 0.1) is 6.54 Å². The van der Waals surface area contributed by atoms with E-state index in [1.807, 2.05) is 29.8 Å². The topological polar surface area (TPSA) is 56.9 Å². The van der Waals surface area contributed by atoms with Gasteiger partial charge in [-0.2, -0.15) is 11.8 Å². The lowest BCUT2D eigenvalue weighted by atomic mass is 10.4. The first-order valence-corrected chi connectivity index (χ1v) is 8.06. The molecule has 0 amide bonds. The Hall–Kier alpha value is -0.480. The van der Waals surface area contributed by atoms with Crippen LogP contribution in [0.2, 0.25) is 0 Å². The molecule has 8 heteroatoms. The van der Waals surface area contributed by atoms with E-state index < -0.39 is 0 Å². The molecule has 1 aliphatic heterocycles. The SMILES string of the molecule is CN=C(NCCN1CCSCC1)N(C)Cc1ccon1.I. The van der Waals surface area contributed by atoms with E-state index in [1.54, 1.807) is 13.3 Å². The van der Waals surface area contributed by atoms with Crippen LogP contribution in [0.5, 0.6) is 0 Å². The fraction of sp³-hybridized carbons (Fsp3) is 0.692. The van der Waals surface area contributed by atoms with Crippen LogP contribution in [0.4, 0.5) is 0 Å². The van der Waals surface area contributed by atoms with E-state index in [0.29, 0.717) is 6.54 Å². The summed E-state index contributed by atoms with van der Waals surface area (Å²) in [5.41, 5.74) is 0.906. The fourth-order valence-electron chi connectivity index (χ4n) is 2.17. The van der Waals surface area contributed by atoms with Gasteiger partial charge in [-0.3, -0.25) is 9.89 Å². The monoisotopic (exact) mass is 425 g/mol. The zero-order chi connectivity index (χ0) is 14.2. The third kappa shape index (κ3) is 6.43. The first-order chi connectivity index (χ1) is 9.79. The molecule has 21 heavy (non-hydrogen) atoms. The molecule has 1 aliphatic rings. The van der Waals surface area contributed by atoms with Crippen molar-refractivity contribution in [2.24, 2.45) is 4.99 Å². The third-order valence-corrected chi connectivity index (χ3v) is 4.22. The maximum absolute atomic E-state index is 4.84. The maximum atomic E-state index is 4.84. The van der Waals surface area contributed by atoms with Crippen molar-refractivity contribution in [1.82, 2.24) is 20.3 Å². The Labute approximate surface area is 147 Å². The van der Waals surface area contributed by atoms with Crippen molar-refractivity contribution in [3.8, 4) is 0 Å². The van der Waals surface area contributed by atoms with Crippen molar-refractivity contribution < 1.29 is 4.52 Å². The molecule has 1 aromatic rings. The minimum Gasteiger partial charge on any atom is -0.364 e. The number of nitrogens with one attached hydrogen (secondary N) is 1. The molecule has 1 N–H and O–H groups in total. The summed E-state index contributed by atoms with van der Waals surface area (Å²) in [6.07, 6.45) is 1.59. The van der Waals surface area contributed by atoms with Gasteiger partial charge in [-0.05, 0) is 0 Å². The lowest BCUT2D eigenvalue weighted by Gasteiger charge is -2.27. The third-order valence-electron chi connectivity index (χ3n) is 3.28. The molecule has 1 aromatic heterocycles. The Morgan fingerprint density at radius 3 is 2.90 bits per heavy atom. The summed E-state index contributed by atoms with van der Waals surface area (Å²) >= 11 is 2.04. The molecule has 0 aromatic carbocycles. The molecule has 0 saturated carbocycles. The number of halogens is 1. The molecular weight excluding hydrogens is 401 g/mol. The Bertz CT molecular complexity index is 409. The Balaban J connectivity index is 0.00000220. The predicted molar refractivity (Wildman–Crippen MR) is 98.5 cm³/mol. The van der Waals surface area contributed by atoms with E-state index in [0.717, 1.165) is 24.7 Å². The van der Waals surface area contributed by atoms with Gasteiger partial charge in [0.2, 0.25) is 0 Å².